The Kier molecular flexibility index (Phi) is 6.30. The van der Waals surface area contributed by atoms with E-state index in [-0.39, 0.29) is 48.7 Å². The number of carbonyl (C=O) groups excluding carboxylic acids is 3. The summed E-state index contributed by atoms with van der Waals surface area (Å²) in [6.45, 7) is 1.23. The molecule has 5 rings (SSSR count). The van der Waals surface area contributed by atoms with Gasteiger partial charge in [-0.3, -0.25) is 14.4 Å². The summed E-state index contributed by atoms with van der Waals surface area (Å²) in [5.74, 6) is -4.70. The number of rotatable bonds is 4. The number of primary amides is 1. The predicted octanol–water partition coefficient (Wildman–Crippen LogP) is 5.80. The molecule has 0 aliphatic carbocycles. The molecule has 0 saturated heterocycles. The van der Waals surface area contributed by atoms with Crippen molar-refractivity contribution in [1.29, 1.82) is 0 Å². The van der Waals surface area contributed by atoms with E-state index >= 15 is 4.39 Å². The van der Waals surface area contributed by atoms with Gasteiger partial charge in [0.25, 0.3) is 5.91 Å². The second kappa shape index (κ2) is 9.27. The minimum atomic E-state index is -4.99. The number of nitrogens with two attached hydrogens (primary N) is 1. The van der Waals surface area contributed by atoms with E-state index in [0.29, 0.717) is 6.07 Å². The van der Waals surface area contributed by atoms with E-state index in [9.17, 15) is 31.9 Å². The quantitative estimate of drug-likeness (QED) is 0.265. The fourth-order valence-corrected chi connectivity index (χ4v) is 5.69. The van der Waals surface area contributed by atoms with Gasteiger partial charge in [0.1, 0.15) is 11.6 Å². The maximum atomic E-state index is 15.5. The minimum Gasteiger partial charge on any atom is -0.366 e. The zero-order valence-electron chi connectivity index (χ0n) is 19.5. The molecule has 1 atom stereocenters. The van der Waals surface area contributed by atoms with Gasteiger partial charge in [-0.1, -0.05) is 22.9 Å². The number of halogens is 6. The molecule has 4 aromatic rings. The van der Waals surface area contributed by atoms with Crippen LogP contribution in [-0.2, 0) is 11.0 Å². The summed E-state index contributed by atoms with van der Waals surface area (Å²) in [7, 11) is 0. The maximum Gasteiger partial charge on any atom is 0.416 e. The summed E-state index contributed by atoms with van der Waals surface area (Å²) in [4.78, 5) is 41.4. The number of fused-ring (bicyclic) bond motifs is 3. The first-order chi connectivity index (χ1) is 18.3. The fraction of sp³-hybridized carbons (Fsp3) is 0.120. The molecule has 3 aromatic carbocycles. The maximum absolute atomic E-state index is 15.5. The Morgan fingerprint density at radius 3 is 2.49 bits per heavy atom. The van der Waals surface area contributed by atoms with E-state index in [4.69, 9.17) is 17.3 Å². The Bertz CT molecular complexity index is 1740. The molecule has 4 N–H and O–H groups in total. The first-order valence-corrected chi connectivity index (χ1v) is 12.2. The molecule has 39 heavy (non-hydrogen) atoms. The lowest BCUT2D eigenvalue weighted by Crippen LogP contribution is -2.21. The first kappa shape index (κ1) is 26.5. The number of alkyl halides is 3. The molecule has 2 heterocycles. The van der Waals surface area contributed by atoms with Crippen molar-refractivity contribution in [1.82, 2.24) is 10.3 Å². The third-order valence-corrected chi connectivity index (χ3v) is 7.28. The van der Waals surface area contributed by atoms with Crippen LogP contribution >= 0.6 is 22.9 Å². The highest BCUT2D eigenvalue weighted by Gasteiger charge is 2.39. The highest BCUT2D eigenvalue weighted by atomic mass is 35.5. The third kappa shape index (κ3) is 4.57. The van der Waals surface area contributed by atoms with E-state index < -0.39 is 58.3 Å². The van der Waals surface area contributed by atoms with Crippen LogP contribution in [0.1, 0.15) is 50.4 Å². The van der Waals surface area contributed by atoms with Crippen molar-refractivity contribution < 1.29 is 36.3 Å². The van der Waals surface area contributed by atoms with Gasteiger partial charge >= 0.3 is 6.18 Å². The molecular weight excluding hydrogens is 567 g/mol. The Labute approximate surface area is 224 Å². The largest absolute Gasteiger partial charge is 0.416 e. The molecule has 0 bridgehead atoms. The fourth-order valence-electron chi connectivity index (χ4n) is 4.50. The summed E-state index contributed by atoms with van der Waals surface area (Å²) in [6.07, 6.45) is -4.99. The number of benzene rings is 3. The molecule has 7 nitrogen and oxygen atoms in total. The zero-order chi connectivity index (χ0) is 28.4. The van der Waals surface area contributed by atoms with Crippen LogP contribution in [0, 0.1) is 11.6 Å². The van der Waals surface area contributed by atoms with Crippen molar-refractivity contribution in [2.75, 3.05) is 5.32 Å². The van der Waals surface area contributed by atoms with Crippen molar-refractivity contribution in [3.05, 3.63) is 80.9 Å². The Morgan fingerprint density at radius 2 is 1.85 bits per heavy atom. The summed E-state index contributed by atoms with van der Waals surface area (Å²) in [5, 5.41) is 5.22. The molecular formula is C25H14ClF5N4O3S. The van der Waals surface area contributed by atoms with Gasteiger partial charge in [-0.25, -0.2) is 13.8 Å². The van der Waals surface area contributed by atoms with Gasteiger partial charge in [0.2, 0.25) is 11.8 Å². The smallest absolute Gasteiger partial charge is 0.366 e. The number of amides is 3. The average Bonchev–Trinajstić information content (AvgIpc) is 3.38. The molecule has 0 saturated carbocycles. The highest BCUT2D eigenvalue weighted by molar-refractivity contribution is 7.22. The van der Waals surface area contributed by atoms with Gasteiger partial charge in [-0.05, 0) is 42.0 Å². The molecule has 1 aromatic heterocycles. The second-order valence-corrected chi connectivity index (χ2v) is 10.0. The van der Waals surface area contributed by atoms with Crippen LogP contribution in [0.25, 0.3) is 21.3 Å². The summed E-state index contributed by atoms with van der Waals surface area (Å²) in [5.41, 5.74) is 2.40. The van der Waals surface area contributed by atoms with Crippen LogP contribution < -0.4 is 16.4 Å². The van der Waals surface area contributed by atoms with E-state index in [2.05, 4.69) is 15.6 Å². The molecule has 0 fully saturated rings. The van der Waals surface area contributed by atoms with Crippen LogP contribution in [0.2, 0.25) is 5.02 Å². The molecule has 1 aliphatic rings. The third-order valence-electron chi connectivity index (χ3n) is 6.02. The number of aromatic nitrogens is 1. The Balaban J connectivity index is 1.90. The van der Waals surface area contributed by atoms with Crippen molar-refractivity contribution in [3.63, 3.8) is 0 Å². The van der Waals surface area contributed by atoms with Gasteiger partial charge in [-0.2, -0.15) is 13.2 Å². The van der Waals surface area contributed by atoms with E-state index in [1.165, 1.54) is 19.1 Å². The number of thiazole rings is 1. The predicted molar refractivity (Wildman–Crippen MR) is 134 cm³/mol. The second-order valence-electron chi connectivity index (χ2n) is 8.57. The van der Waals surface area contributed by atoms with Crippen molar-refractivity contribution >= 4 is 56.0 Å². The van der Waals surface area contributed by atoms with Gasteiger partial charge in [0.05, 0.1) is 32.9 Å². The van der Waals surface area contributed by atoms with Crippen molar-refractivity contribution in [2.24, 2.45) is 5.73 Å². The average molecular weight is 581 g/mol. The highest BCUT2D eigenvalue weighted by Crippen LogP contribution is 2.47. The molecule has 0 radical (unpaired) electrons. The summed E-state index contributed by atoms with van der Waals surface area (Å²) >= 11 is 7.21. The molecule has 3 amide bonds. The lowest BCUT2D eigenvalue weighted by molar-refractivity contribution is -0.137. The molecule has 200 valence electrons. The summed E-state index contributed by atoms with van der Waals surface area (Å²) in [6, 6.07) is 4.09. The number of hydrogen-bond acceptors (Lipinski definition) is 5. The topological polar surface area (TPSA) is 114 Å². The van der Waals surface area contributed by atoms with Crippen molar-refractivity contribution in [2.45, 2.75) is 19.1 Å². The number of carbonyl (C=O) groups is 3. The number of anilines is 1. The zero-order valence-corrected chi connectivity index (χ0v) is 21.0. The lowest BCUT2D eigenvalue weighted by atomic mass is 9.86. The lowest BCUT2D eigenvalue weighted by Gasteiger charge is -2.20. The number of nitrogens with zero attached hydrogens (tertiary/aromatic N) is 1. The SMILES string of the molecule is CC(=O)Nc1nc2c3c(c(-c4c(F)cc(C(F)(F)F)cc4C(N)=O)cc2s1)C(c1cc(F)ccc1Cl)NC3=O. The summed E-state index contributed by atoms with van der Waals surface area (Å²) < 4.78 is 70.3. The monoisotopic (exact) mass is 580 g/mol. The standard InChI is InChI=1S/C25H14ClF5N4O3S/c1-8(36)33-24-35-21-16(39-24)7-12(17-13(22(32)37)4-9(5-15(17)28)25(29,30)31)18-19(21)23(38)34-20(18)11-6-10(27)2-3-14(11)26/h2-7,20H,1H3,(H2,32,37)(H,34,38)(H,33,35,36). The van der Waals surface area contributed by atoms with Crippen molar-refractivity contribution in [3.8, 4) is 11.1 Å². The molecule has 0 spiro atoms. The Hall–Kier alpha value is -4.10. The normalized spacial score (nSPS) is 14.8. The molecule has 1 aliphatic heterocycles. The number of nitrogens with one attached hydrogen (secondary N) is 2. The van der Waals surface area contributed by atoms with Gasteiger partial charge in [0, 0.05) is 28.6 Å². The van der Waals surface area contributed by atoms with E-state index in [1.807, 2.05) is 0 Å². The molecule has 14 heteroatoms. The van der Waals surface area contributed by atoms with Gasteiger partial charge in [0.15, 0.2) is 5.13 Å². The van der Waals surface area contributed by atoms with Crippen LogP contribution in [0.3, 0.4) is 0 Å². The Morgan fingerprint density at radius 1 is 1.13 bits per heavy atom. The van der Waals surface area contributed by atoms with Crippen LogP contribution in [0.15, 0.2) is 36.4 Å². The van der Waals surface area contributed by atoms with Crippen LogP contribution in [0.4, 0.5) is 27.1 Å². The number of hydrogen-bond donors (Lipinski definition) is 3. The first-order valence-electron chi connectivity index (χ1n) is 11.0. The van der Waals surface area contributed by atoms with Gasteiger partial charge < -0.3 is 16.4 Å². The molecule has 1 unspecified atom stereocenters. The van der Waals surface area contributed by atoms with E-state index in [1.54, 1.807) is 0 Å². The van der Waals surface area contributed by atoms with E-state index in [0.717, 1.165) is 23.5 Å². The van der Waals surface area contributed by atoms with Crippen LogP contribution in [-0.4, -0.2) is 22.7 Å². The minimum absolute atomic E-state index is 0.0131. The van der Waals surface area contributed by atoms with Crippen LogP contribution in [0.5, 0.6) is 0 Å². The van der Waals surface area contributed by atoms with Gasteiger partial charge in [-0.15, -0.1) is 0 Å².